The molecule has 0 unspecified atom stereocenters. The first kappa shape index (κ1) is 20.4. The number of benzene rings is 2. The third-order valence-corrected chi connectivity index (χ3v) is 4.03. The summed E-state index contributed by atoms with van der Waals surface area (Å²) in [5, 5.41) is 2.78. The Kier molecular flexibility index (Phi) is 6.94. The maximum atomic E-state index is 12.1. The SMILES string of the molecule is CCCOC(=O)c1ccc(NC(=O)C=Cc2ccc(C(C)(C)C)cc2)cc1. The molecule has 142 valence electrons. The van der Waals surface area contributed by atoms with Crippen molar-refractivity contribution in [3.05, 3.63) is 71.3 Å². The summed E-state index contributed by atoms with van der Waals surface area (Å²) in [6, 6.07) is 14.8. The molecule has 2 rings (SSSR count). The van der Waals surface area contributed by atoms with Gasteiger partial charge in [0.1, 0.15) is 0 Å². The summed E-state index contributed by atoms with van der Waals surface area (Å²) in [4.78, 5) is 23.8. The number of carbonyl (C=O) groups is 2. The Labute approximate surface area is 161 Å². The summed E-state index contributed by atoms with van der Waals surface area (Å²) in [6.07, 6.45) is 4.05. The number of anilines is 1. The molecule has 1 N–H and O–H groups in total. The van der Waals surface area contributed by atoms with Gasteiger partial charge in [-0.05, 0) is 53.3 Å². The van der Waals surface area contributed by atoms with Crippen LogP contribution in [-0.4, -0.2) is 18.5 Å². The highest BCUT2D eigenvalue weighted by Gasteiger charge is 2.12. The van der Waals surface area contributed by atoms with Crippen LogP contribution in [0.2, 0.25) is 0 Å². The molecule has 0 spiro atoms. The molecular weight excluding hydrogens is 338 g/mol. The van der Waals surface area contributed by atoms with E-state index in [0.717, 1.165) is 12.0 Å². The van der Waals surface area contributed by atoms with Gasteiger partial charge in [-0.25, -0.2) is 4.79 Å². The summed E-state index contributed by atoms with van der Waals surface area (Å²) in [5.74, 6) is -0.579. The van der Waals surface area contributed by atoms with Crippen molar-refractivity contribution in [3.63, 3.8) is 0 Å². The molecule has 0 fully saturated rings. The second-order valence-corrected chi connectivity index (χ2v) is 7.41. The molecule has 0 aliphatic heterocycles. The van der Waals surface area contributed by atoms with E-state index in [2.05, 4.69) is 38.2 Å². The van der Waals surface area contributed by atoms with Gasteiger partial charge in [0.2, 0.25) is 5.91 Å². The normalized spacial score (nSPS) is 11.4. The molecule has 0 atom stereocenters. The number of carbonyl (C=O) groups excluding carboxylic acids is 2. The van der Waals surface area contributed by atoms with E-state index < -0.39 is 0 Å². The summed E-state index contributed by atoms with van der Waals surface area (Å²) >= 11 is 0. The number of nitrogens with one attached hydrogen (secondary N) is 1. The molecule has 0 saturated carbocycles. The smallest absolute Gasteiger partial charge is 0.338 e. The minimum Gasteiger partial charge on any atom is -0.462 e. The first-order valence-electron chi connectivity index (χ1n) is 9.16. The molecule has 0 aromatic heterocycles. The molecule has 0 radical (unpaired) electrons. The lowest BCUT2D eigenvalue weighted by Crippen LogP contribution is -2.10. The summed E-state index contributed by atoms with van der Waals surface area (Å²) in [5.41, 5.74) is 3.42. The Morgan fingerprint density at radius 3 is 2.19 bits per heavy atom. The van der Waals surface area contributed by atoms with Crippen molar-refractivity contribution in [1.82, 2.24) is 0 Å². The van der Waals surface area contributed by atoms with Crippen molar-refractivity contribution >= 4 is 23.6 Å². The zero-order valence-corrected chi connectivity index (χ0v) is 16.4. The summed E-state index contributed by atoms with van der Waals surface area (Å²) in [7, 11) is 0. The van der Waals surface area contributed by atoms with Gasteiger partial charge in [0.05, 0.1) is 12.2 Å². The maximum absolute atomic E-state index is 12.1. The van der Waals surface area contributed by atoms with E-state index in [4.69, 9.17) is 4.74 Å². The van der Waals surface area contributed by atoms with E-state index in [1.165, 1.54) is 11.6 Å². The van der Waals surface area contributed by atoms with Crippen molar-refractivity contribution in [2.24, 2.45) is 0 Å². The number of hydrogen-bond donors (Lipinski definition) is 1. The van der Waals surface area contributed by atoms with E-state index in [1.807, 2.05) is 19.1 Å². The van der Waals surface area contributed by atoms with Gasteiger partial charge in [-0.3, -0.25) is 4.79 Å². The molecule has 0 bridgehead atoms. The predicted molar refractivity (Wildman–Crippen MR) is 110 cm³/mol. The highest BCUT2D eigenvalue weighted by atomic mass is 16.5. The highest BCUT2D eigenvalue weighted by molar-refractivity contribution is 6.02. The standard InChI is InChI=1S/C23H27NO3/c1-5-16-27-22(26)18-9-13-20(14-10-18)24-21(25)15-8-17-6-11-19(12-7-17)23(2,3)4/h6-15H,5,16H2,1-4H3,(H,24,25). The van der Waals surface area contributed by atoms with Gasteiger partial charge in [0.25, 0.3) is 0 Å². The monoisotopic (exact) mass is 365 g/mol. The number of amides is 1. The van der Waals surface area contributed by atoms with E-state index in [-0.39, 0.29) is 17.3 Å². The van der Waals surface area contributed by atoms with Crippen molar-refractivity contribution in [2.75, 3.05) is 11.9 Å². The summed E-state index contributed by atoms with van der Waals surface area (Å²) < 4.78 is 5.08. The zero-order valence-electron chi connectivity index (χ0n) is 16.4. The fourth-order valence-electron chi connectivity index (χ4n) is 2.42. The Morgan fingerprint density at radius 2 is 1.63 bits per heavy atom. The lowest BCUT2D eigenvalue weighted by atomic mass is 9.87. The molecule has 4 heteroatoms. The van der Waals surface area contributed by atoms with Gasteiger partial charge in [0.15, 0.2) is 0 Å². The van der Waals surface area contributed by atoms with Crippen LogP contribution in [0.3, 0.4) is 0 Å². The van der Waals surface area contributed by atoms with Crippen LogP contribution in [0.5, 0.6) is 0 Å². The molecule has 2 aromatic carbocycles. The quantitative estimate of drug-likeness (QED) is 0.565. The largest absolute Gasteiger partial charge is 0.462 e. The molecule has 0 heterocycles. The minimum absolute atomic E-state index is 0.106. The van der Waals surface area contributed by atoms with Crippen molar-refractivity contribution < 1.29 is 14.3 Å². The lowest BCUT2D eigenvalue weighted by Gasteiger charge is -2.18. The number of hydrogen-bond acceptors (Lipinski definition) is 3. The fraction of sp³-hybridized carbons (Fsp3) is 0.304. The molecule has 0 aliphatic rings. The average Bonchev–Trinajstić information content (AvgIpc) is 2.64. The third-order valence-electron chi connectivity index (χ3n) is 4.03. The highest BCUT2D eigenvalue weighted by Crippen LogP contribution is 2.22. The Bertz CT molecular complexity index is 797. The second-order valence-electron chi connectivity index (χ2n) is 7.41. The first-order chi connectivity index (χ1) is 12.8. The van der Waals surface area contributed by atoms with Crippen LogP contribution < -0.4 is 5.32 Å². The van der Waals surface area contributed by atoms with Crippen molar-refractivity contribution in [1.29, 1.82) is 0 Å². The van der Waals surface area contributed by atoms with Gasteiger partial charge >= 0.3 is 5.97 Å². The average molecular weight is 365 g/mol. The van der Waals surface area contributed by atoms with Gasteiger partial charge in [-0.1, -0.05) is 52.0 Å². The second kappa shape index (κ2) is 9.17. The molecule has 27 heavy (non-hydrogen) atoms. The Hall–Kier alpha value is -2.88. The van der Waals surface area contributed by atoms with Gasteiger partial charge in [-0.2, -0.15) is 0 Å². The van der Waals surface area contributed by atoms with Crippen molar-refractivity contribution in [2.45, 2.75) is 39.5 Å². The van der Waals surface area contributed by atoms with Gasteiger partial charge in [-0.15, -0.1) is 0 Å². The molecular formula is C23H27NO3. The maximum Gasteiger partial charge on any atom is 0.338 e. The van der Waals surface area contributed by atoms with E-state index in [0.29, 0.717) is 17.9 Å². The summed E-state index contributed by atoms with van der Waals surface area (Å²) in [6.45, 7) is 8.84. The topological polar surface area (TPSA) is 55.4 Å². The van der Waals surface area contributed by atoms with E-state index in [1.54, 1.807) is 30.3 Å². The van der Waals surface area contributed by atoms with Crippen molar-refractivity contribution in [3.8, 4) is 0 Å². The molecule has 4 nitrogen and oxygen atoms in total. The molecule has 1 amide bonds. The minimum atomic E-state index is -0.353. The number of rotatable bonds is 6. The van der Waals surface area contributed by atoms with E-state index >= 15 is 0 Å². The lowest BCUT2D eigenvalue weighted by molar-refractivity contribution is -0.111. The predicted octanol–water partition coefficient (Wildman–Crippen LogP) is 5.20. The Morgan fingerprint density at radius 1 is 1.00 bits per heavy atom. The van der Waals surface area contributed by atoms with Gasteiger partial charge < -0.3 is 10.1 Å². The fourth-order valence-corrected chi connectivity index (χ4v) is 2.42. The molecule has 2 aromatic rings. The van der Waals surface area contributed by atoms with Crippen LogP contribution in [-0.2, 0) is 14.9 Å². The van der Waals surface area contributed by atoms with Gasteiger partial charge in [0, 0.05) is 11.8 Å². The Balaban J connectivity index is 1.93. The van der Waals surface area contributed by atoms with Crippen LogP contribution in [0.4, 0.5) is 5.69 Å². The van der Waals surface area contributed by atoms with Crippen LogP contribution in [0, 0.1) is 0 Å². The first-order valence-corrected chi connectivity index (χ1v) is 9.16. The number of esters is 1. The zero-order chi connectivity index (χ0) is 19.9. The van der Waals surface area contributed by atoms with Crippen LogP contribution >= 0.6 is 0 Å². The molecule has 0 saturated heterocycles. The van der Waals surface area contributed by atoms with Crippen LogP contribution in [0.15, 0.2) is 54.6 Å². The van der Waals surface area contributed by atoms with Crippen LogP contribution in [0.25, 0.3) is 6.08 Å². The van der Waals surface area contributed by atoms with E-state index in [9.17, 15) is 9.59 Å². The molecule has 0 aliphatic carbocycles. The van der Waals surface area contributed by atoms with Crippen LogP contribution in [0.1, 0.15) is 55.6 Å². The third kappa shape index (κ3) is 6.41. The number of ether oxygens (including phenoxy) is 1.